The Bertz CT molecular complexity index is 943. The Hall–Kier alpha value is -2.75. The lowest BCUT2D eigenvalue weighted by molar-refractivity contribution is 0.475. The zero-order valence-corrected chi connectivity index (χ0v) is 12.2. The SMILES string of the molecule is CC1CNc2c1c1cc(-c3cccc(O)c3)ccc1[nH]c2=O. The summed E-state index contributed by atoms with van der Waals surface area (Å²) < 4.78 is 0. The van der Waals surface area contributed by atoms with Crippen molar-refractivity contribution < 1.29 is 5.11 Å². The zero-order valence-electron chi connectivity index (χ0n) is 12.2. The van der Waals surface area contributed by atoms with E-state index in [4.69, 9.17) is 0 Å². The number of pyridine rings is 1. The summed E-state index contributed by atoms with van der Waals surface area (Å²) in [5.74, 6) is 0.554. The molecule has 110 valence electrons. The summed E-state index contributed by atoms with van der Waals surface area (Å²) in [4.78, 5) is 15.1. The molecular formula is C18H16N2O2. The fourth-order valence-corrected chi connectivity index (χ4v) is 3.23. The maximum atomic E-state index is 12.1. The summed E-state index contributed by atoms with van der Waals surface area (Å²) >= 11 is 0. The van der Waals surface area contributed by atoms with Crippen LogP contribution in [0.2, 0.25) is 0 Å². The fraction of sp³-hybridized carbons (Fsp3) is 0.167. The number of rotatable bonds is 1. The van der Waals surface area contributed by atoms with Crippen LogP contribution < -0.4 is 10.9 Å². The van der Waals surface area contributed by atoms with Gasteiger partial charge in [-0.3, -0.25) is 4.79 Å². The van der Waals surface area contributed by atoms with E-state index in [0.29, 0.717) is 11.6 Å². The van der Waals surface area contributed by atoms with E-state index in [9.17, 15) is 9.90 Å². The summed E-state index contributed by atoms with van der Waals surface area (Å²) in [5, 5.41) is 13.9. The van der Waals surface area contributed by atoms with Crippen molar-refractivity contribution in [3.8, 4) is 16.9 Å². The summed E-state index contributed by atoms with van der Waals surface area (Å²) in [6, 6.07) is 13.2. The number of phenolic OH excluding ortho intramolecular Hbond substituents is 1. The first-order valence-corrected chi connectivity index (χ1v) is 7.36. The number of phenols is 1. The molecule has 4 nitrogen and oxygen atoms in total. The molecule has 1 unspecified atom stereocenters. The number of benzene rings is 2. The van der Waals surface area contributed by atoms with E-state index in [1.807, 2.05) is 24.3 Å². The van der Waals surface area contributed by atoms with E-state index in [2.05, 4.69) is 23.3 Å². The number of hydrogen-bond donors (Lipinski definition) is 3. The standard InChI is InChI=1S/C18H16N2O2/c1-10-9-19-17-16(10)14-8-12(5-6-15(14)20-18(17)22)11-3-2-4-13(21)7-11/h2-8,10,19,21H,9H2,1H3,(H,20,22). The molecule has 1 aliphatic heterocycles. The molecule has 0 fully saturated rings. The van der Waals surface area contributed by atoms with Gasteiger partial charge in [-0.2, -0.15) is 0 Å². The summed E-state index contributed by atoms with van der Waals surface area (Å²) in [6.07, 6.45) is 0. The van der Waals surface area contributed by atoms with Crippen molar-refractivity contribution in [2.45, 2.75) is 12.8 Å². The predicted molar refractivity (Wildman–Crippen MR) is 88.6 cm³/mol. The van der Waals surface area contributed by atoms with Crippen LogP contribution in [0.4, 0.5) is 5.69 Å². The molecule has 3 aromatic rings. The number of aromatic nitrogens is 1. The summed E-state index contributed by atoms with van der Waals surface area (Å²) in [7, 11) is 0. The number of H-pyrrole nitrogens is 1. The van der Waals surface area contributed by atoms with E-state index in [1.54, 1.807) is 12.1 Å². The van der Waals surface area contributed by atoms with Crippen molar-refractivity contribution in [3.05, 3.63) is 58.4 Å². The fourth-order valence-electron chi connectivity index (χ4n) is 3.23. The molecule has 1 aliphatic rings. The maximum absolute atomic E-state index is 12.1. The Kier molecular flexibility index (Phi) is 2.73. The minimum atomic E-state index is -0.0584. The van der Waals surface area contributed by atoms with E-state index in [0.717, 1.165) is 34.1 Å². The molecule has 2 heterocycles. The van der Waals surface area contributed by atoms with Gasteiger partial charge >= 0.3 is 0 Å². The first-order chi connectivity index (χ1) is 10.6. The number of anilines is 1. The molecule has 0 radical (unpaired) electrons. The van der Waals surface area contributed by atoms with Crippen LogP contribution in [-0.2, 0) is 0 Å². The van der Waals surface area contributed by atoms with Crippen LogP contribution in [0.1, 0.15) is 18.4 Å². The second-order valence-electron chi connectivity index (χ2n) is 5.84. The van der Waals surface area contributed by atoms with Gasteiger partial charge in [0, 0.05) is 23.4 Å². The van der Waals surface area contributed by atoms with Gasteiger partial charge in [-0.15, -0.1) is 0 Å². The molecule has 0 aliphatic carbocycles. The van der Waals surface area contributed by atoms with Gasteiger partial charge in [0.05, 0.1) is 0 Å². The van der Waals surface area contributed by atoms with E-state index in [1.165, 1.54) is 0 Å². The molecule has 1 atom stereocenters. The van der Waals surface area contributed by atoms with E-state index < -0.39 is 0 Å². The molecule has 0 saturated carbocycles. The van der Waals surface area contributed by atoms with Gasteiger partial charge in [-0.1, -0.05) is 25.1 Å². The molecule has 1 aromatic heterocycles. The number of aromatic amines is 1. The zero-order chi connectivity index (χ0) is 15.3. The van der Waals surface area contributed by atoms with Crippen LogP contribution in [0.25, 0.3) is 22.0 Å². The lowest BCUT2D eigenvalue weighted by Crippen LogP contribution is -2.11. The molecule has 22 heavy (non-hydrogen) atoms. The minimum Gasteiger partial charge on any atom is -0.508 e. The molecular weight excluding hydrogens is 276 g/mol. The van der Waals surface area contributed by atoms with E-state index in [-0.39, 0.29) is 11.3 Å². The van der Waals surface area contributed by atoms with Crippen molar-refractivity contribution in [3.63, 3.8) is 0 Å². The maximum Gasteiger partial charge on any atom is 0.272 e. The van der Waals surface area contributed by atoms with Crippen molar-refractivity contribution in [2.24, 2.45) is 0 Å². The van der Waals surface area contributed by atoms with Crippen molar-refractivity contribution in [2.75, 3.05) is 11.9 Å². The van der Waals surface area contributed by atoms with Crippen molar-refractivity contribution in [1.29, 1.82) is 0 Å². The Morgan fingerprint density at radius 2 is 1.95 bits per heavy atom. The highest BCUT2D eigenvalue weighted by Gasteiger charge is 2.24. The third kappa shape index (κ3) is 1.88. The Balaban J connectivity index is 2.00. The van der Waals surface area contributed by atoms with Crippen LogP contribution in [0, 0.1) is 0 Å². The van der Waals surface area contributed by atoms with Crippen molar-refractivity contribution in [1.82, 2.24) is 4.98 Å². The Labute approximate surface area is 127 Å². The molecule has 4 heteroatoms. The summed E-state index contributed by atoms with van der Waals surface area (Å²) in [5.41, 5.74) is 4.55. The quantitative estimate of drug-likeness (QED) is 0.644. The number of hydrogen-bond acceptors (Lipinski definition) is 3. The van der Waals surface area contributed by atoms with Crippen LogP contribution in [-0.4, -0.2) is 16.6 Å². The van der Waals surface area contributed by atoms with Gasteiger partial charge in [0.1, 0.15) is 11.4 Å². The molecule has 0 amide bonds. The number of nitrogens with one attached hydrogen (secondary N) is 2. The minimum absolute atomic E-state index is 0.0584. The Morgan fingerprint density at radius 1 is 1.14 bits per heavy atom. The molecule has 0 spiro atoms. The number of aromatic hydroxyl groups is 1. The third-order valence-corrected chi connectivity index (χ3v) is 4.31. The van der Waals surface area contributed by atoms with Gasteiger partial charge < -0.3 is 15.4 Å². The first-order valence-electron chi connectivity index (χ1n) is 7.36. The average Bonchev–Trinajstić information content (AvgIpc) is 2.90. The number of fused-ring (bicyclic) bond motifs is 3. The summed E-state index contributed by atoms with van der Waals surface area (Å²) in [6.45, 7) is 2.91. The van der Waals surface area contributed by atoms with Gasteiger partial charge in [0.2, 0.25) is 0 Å². The Morgan fingerprint density at radius 3 is 2.77 bits per heavy atom. The van der Waals surface area contributed by atoms with Crippen LogP contribution in [0.3, 0.4) is 0 Å². The van der Waals surface area contributed by atoms with Crippen molar-refractivity contribution >= 4 is 16.6 Å². The average molecular weight is 292 g/mol. The van der Waals surface area contributed by atoms with E-state index >= 15 is 0 Å². The largest absolute Gasteiger partial charge is 0.508 e. The van der Waals surface area contributed by atoms with Crippen LogP contribution in [0.15, 0.2) is 47.3 Å². The molecule has 0 saturated heterocycles. The lowest BCUT2D eigenvalue weighted by Gasteiger charge is -2.10. The van der Waals surface area contributed by atoms with Gasteiger partial charge in [0.25, 0.3) is 5.56 Å². The predicted octanol–water partition coefficient (Wildman–Crippen LogP) is 3.43. The van der Waals surface area contributed by atoms with Crippen LogP contribution >= 0.6 is 0 Å². The second-order valence-corrected chi connectivity index (χ2v) is 5.84. The third-order valence-electron chi connectivity index (χ3n) is 4.31. The second kappa shape index (κ2) is 4.63. The topological polar surface area (TPSA) is 65.1 Å². The first kappa shape index (κ1) is 13.0. The monoisotopic (exact) mass is 292 g/mol. The van der Waals surface area contributed by atoms with Gasteiger partial charge in [-0.05, 0) is 41.0 Å². The molecule has 3 N–H and O–H groups in total. The molecule has 0 bridgehead atoms. The van der Waals surface area contributed by atoms with Gasteiger partial charge in [0.15, 0.2) is 0 Å². The highest BCUT2D eigenvalue weighted by molar-refractivity contribution is 5.92. The molecule has 4 rings (SSSR count). The normalized spacial score (nSPS) is 16.5. The molecule has 2 aromatic carbocycles. The van der Waals surface area contributed by atoms with Crippen LogP contribution in [0.5, 0.6) is 5.75 Å². The smallest absolute Gasteiger partial charge is 0.272 e. The highest BCUT2D eigenvalue weighted by Crippen LogP contribution is 2.36. The lowest BCUT2D eigenvalue weighted by atomic mass is 9.96. The highest BCUT2D eigenvalue weighted by atomic mass is 16.3. The van der Waals surface area contributed by atoms with Gasteiger partial charge in [-0.25, -0.2) is 0 Å².